The normalized spacial score (nSPS) is 25.4. The molecule has 0 bridgehead atoms. The molecule has 0 aliphatic carbocycles. The fourth-order valence-corrected chi connectivity index (χ4v) is 4.01. The summed E-state index contributed by atoms with van der Waals surface area (Å²) in [6.07, 6.45) is 2.27. The van der Waals surface area contributed by atoms with Crippen LogP contribution in [0.2, 0.25) is 0 Å². The van der Waals surface area contributed by atoms with Crippen molar-refractivity contribution in [1.29, 1.82) is 0 Å². The lowest BCUT2D eigenvalue weighted by atomic mass is 9.84. The summed E-state index contributed by atoms with van der Waals surface area (Å²) in [4.78, 5) is 2.44. The van der Waals surface area contributed by atoms with Crippen LogP contribution < -0.4 is 0 Å². The Bertz CT molecular complexity index is 747. The molecule has 2 heterocycles. The molecule has 2 aliphatic rings. The average molecular weight is 291 g/mol. The van der Waals surface area contributed by atoms with Crippen molar-refractivity contribution in [2.45, 2.75) is 32.0 Å². The van der Waals surface area contributed by atoms with E-state index in [9.17, 15) is 0 Å². The first-order valence-corrected chi connectivity index (χ1v) is 7.83. The van der Waals surface area contributed by atoms with Gasteiger partial charge in [-0.05, 0) is 32.4 Å². The maximum atomic E-state index is 6.53. The molecule has 2 heteroatoms. The van der Waals surface area contributed by atoms with Crippen LogP contribution in [0.3, 0.4) is 0 Å². The van der Waals surface area contributed by atoms with Gasteiger partial charge in [-0.25, -0.2) is 0 Å². The van der Waals surface area contributed by atoms with E-state index in [1.54, 1.807) is 0 Å². The van der Waals surface area contributed by atoms with E-state index in [1.807, 2.05) is 0 Å². The van der Waals surface area contributed by atoms with Gasteiger partial charge in [-0.1, -0.05) is 54.6 Å². The third-order valence-corrected chi connectivity index (χ3v) is 4.76. The zero-order chi connectivity index (χ0) is 15.4. The summed E-state index contributed by atoms with van der Waals surface area (Å²) in [5, 5.41) is 0. The maximum absolute atomic E-state index is 6.53. The smallest absolute Gasteiger partial charge is 0.194 e. The van der Waals surface area contributed by atoms with Crippen LogP contribution in [0.4, 0.5) is 0 Å². The molecule has 0 spiro atoms. The summed E-state index contributed by atoms with van der Waals surface area (Å²) in [6, 6.07) is 19.1. The zero-order valence-electron chi connectivity index (χ0n) is 13.3. The maximum Gasteiger partial charge on any atom is 0.194 e. The highest BCUT2D eigenvalue weighted by Gasteiger charge is 2.56. The second-order valence-electron chi connectivity index (χ2n) is 6.82. The van der Waals surface area contributed by atoms with Crippen molar-refractivity contribution in [2.75, 3.05) is 6.61 Å². The molecule has 0 aromatic heterocycles. The van der Waals surface area contributed by atoms with Crippen molar-refractivity contribution < 1.29 is 4.74 Å². The number of ether oxygens (including phenoxy) is 1. The summed E-state index contributed by atoms with van der Waals surface area (Å²) in [7, 11) is 0. The highest BCUT2D eigenvalue weighted by Crippen LogP contribution is 2.52. The Labute approximate surface area is 132 Å². The highest BCUT2D eigenvalue weighted by molar-refractivity contribution is 5.63. The Kier molecular flexibility index (Phi) is 2.76. The van der Waals surface area contributed by atoms with Gasteiger partial charge < -0.3 is 9.64 Å². The van der Waals surface area contributed by atoms with Crippen molar-refractivity contribution in [1.82, 2.24) is 4.90 Å². The lowest BCUT2D eigenvalue weighted by Crippen LogP contribution is -2.51. The molecule has 1 fully saturated rings. The zero-order valence-corrected chi connectivity index (χ0v) is 13.3. The summed E-state index contributed by atoms with van der Waals surface area (Å²) < 4.78 is 6.53. The largest absolute Gasteiger partial charge is 0.345 e. The third kappa shape index (κ3) is 1.65. The first-order valence-electron chi connectivity index (χ1n) is 7.83. The van der Waals surface area contributed by atoms with E-state index in [1.165, 1.54) is 22.4 Å². The van der Waals surface area contributed by atoms with Crippen LogP contribution >= 0.6 is 0 Å². The molecule has 0 saturated carbocycles. The Morgan fingerprint density at radius 3 is 2.41 bits per heavy atom. The van der Waals surface area contributed by atoms with Gasteiger partial charge in [0, 0.05) is 16.8 Å². The van der Waals surface area contributed by atoms with Gasteiger partial charge >= 0.3 is 0 Å². The molecule has 22 heavy (non-hydrogen) atoms. The fourth-order valence-electron chi connectivity index (χ4n) is 4.01. The SMILES string of the molecule is CC1=Cc2ccccc2C2(c3ccccc3)OCC(C)(C)N12. The van der Waals surface area contributed by atoms with Crippen molar-refractivity contribution in [3.05, 3.63) is 77.0 Å². The number of fused-ring (bicyclic) bond motifs is 3. The number of allylic oxidation sites excluding steroid dienone is 1. The van der Waals surface area contributed by atoms with Gasteiger partial charge in [0.2, 0.25) is 0 Å². The molecule has 2 aromatic rings. The van der Waals surface area contributed by atoms with Crippen LogP contribution in [0.15, 0.2) is 60.3 Å². The Hall–Kier alpha value is -2.06. The second-order valence-corrected chi connectivity index (χ2v) is 6.82. The van der Waals surface area contributed by atoms with Crippen molar-refractivity contribution in [3.8, 4) is 0 Å². The van der Waals surface area contributed by atoms with Gasteiger partial charge in [-0.2, -0.15) is 0 Å². The van der Waals surface area contributed by atoms with E-state index in [0.29, 0.717) is 6.61 Å². The van der Waals surface area contributed by atoms with Crippen LogP contribution in [-0.4, -0.2) is 17.0 Å². The van der Waals surface area contributed by atoms with Crippen LogP contribution in [-0.2, 0) is 10.5 Å². The molecule has 2 aromatic carbocycles. The van der Waals surface area contributed by atoms with Crippen LogP contribution in [0.1, 0.15) is 37.5 Å². The molecule has 4 rings (SSSR count). The second kappa shape index (κ2) is 4.47. The minimum absolute atomic E-state index is 0.0377. The number of hydrogen-bond acceptors (Lipinski definition) is 2. The molecule has 1 atom stereocenters. The van der Waals surface area contributed by atoms with Gasteiger partial charge in [0.15, 0.2) is 5.72 Å². The van der Waals surface area contributed by atoms with Crippen LogP contribution in [0, 0.1) is 0 Å². The Morgan fingerprint density at radius 2 is 1.64 bits per heavy atom. The first kappa shape index (κ1) is 13.6. The lowest BCUT2D eigenvalue weighted by molar-refractivity contribution is -0.0442. The fraction of sp³-hybridized carbons (Fsp3) is 0.300. The average Bonchev–Trinajstić information content (AvgIpc) is 2.82. The minimum atomic E-state index is -0.514. The third-order valence-electron chi connectivity index (χ3n) is 4.76. The number of hydrogen-bond donors (Lipinski definition) is 0. The minimum Gasteiger partial charge on any atom is -0.345 e. The summed E-state index contributed by atoms with van der Waals surface area (Å²) in [6.45, 7) is 7.40. The number of benzene rings is 2. The van der Waals surface area contributed by atoms with E-state index >= 15 is 0 Å². The van der Waals surface area contributed by atoms with Crippen molar-refractivity contribution in [2.24, 2.45) is 0 Å². The summed E-state index contributed by atoms with van der Waals surface area (Å²) in [5.41, 5.74) is 4.38. The summed E-state index contributed by atoms with van der Waals surface area (Å²) in [5.74, 6) is 0. The Morgan fingerprint density at radius 1 is 0.955 bits per heavy atom. The van der Waals surface area contributed by atoms with Gasteiger partial charge in [-0.3, -0.25) is 0 Å². The van der Waals surface area contributed by atoms with Gasteiger partial charge in [-0.15, -0.1) is 0 Å². The van der Waals surface area contributed by atoms with Gasteiger partial charge in [0.25, 0.3) is 0 Å². The predicted octanol–water partition coefficient (Wildman–Crippen LogP) is 4.37. The van der Waals surface area contributed by atoms with E-state index in [2.05, 4.69) is 86.3 Å². The molecule has 2 aliphatic heterocycles. The van der Waals surface area contributed by atoms with Gasteiger partial charge in [0.05, 0.1) is 12.1 Å². The van der Waals surface area contributed by atoms with Crippen molar-refractivity contribution >= 4 is 6.08 Å². The molecule has 2 nitrogen and oxygen atoms in total. The molecular formula is C20H21NO. The standard InChI is InChI=1S/C20H21NO/c1-15-13-16-9-7-8-12-18(16)20(17-10-5-4-6-11-17)21(15)19(2,3)14-22-20/h4-13H,14H2,1-3H3. The monoisotopic (exact) mass is 291 g/mol. The molecular weight excluding hydrogens is 270 g/mol. The van der Waals surface area contributed by atoms with E-state index in [0.717, 1.165) is 0 Å². The molecule has 0 N–H and O–H groups in total. The van der Waals surface area contributed by atoms with E-state index in [-0.39, 0.29) is 5.54 Å². The van der Waals surface area contributed by atoms with Crippen LogP contribution in [0.25, 0.3) is 6.08 Å². The van der Waals surface area contributed by atoms with Crippen molar-refractivity contribution in [3.63, 3.8) is 0 Å². The Balaban J connectivity index is 2.06. The molecule has 0 radical (unpaired) electrons. The number of rotatable bonds is 1. The highest BCUT2D eigenvalue weighted by atomic mass is 16.5. The first-order chi connectivity index (χ1) is 10.6. The van der Waals surface area contributed by atoms with E-state index < -0.39 is 5.72 Å². The molecule has 0 amide bonds. The molecule has 1 saturated heterocycles. The molecule has 112 valence electrons. The summed E-state index contributed by atoms with van der Waals surface area (Å²) >= 11 is 0. The van der Waals surface area contributed by atoms with Gasteiger partial charge in [0.1, 0.15) is 0 Å². The van der Waals surface area contributed by atoms with E-state index in [4.69, 9.17) is 4.74 Å². The predicted molar refractivity (Wildman–Crippen MR) is 89.2 cm³/mol. The number of nitrogens with zero attached hydrogens (tertiary/aromatic N) is 1. The lowest BCUT2D eigenvalue weighted by Gasteiger charge is -2.47. The van der Waals surface area contributed by atoms with Crippen LogP contribution in [0.5, 0.6) is 0 Å². The topological polar surface area (TPSA) is 12.5 Å². The quantitative estimate of drug-likeness (QED) is 0.773. The molecule has 1 unspecified atom stereocenters.